The van der Waals surface area contributed by atoms with Crippen LogP contribution in [0.2, 0.25) is 0 Å². The Morgan fingerprint density at radius 3 is 1.41 bits per heavy atom. The van der Waals surface area contributed by atoms with Crippen LogP contribution in [0.15, 0.2) is 36.5 Å². The maximum absolute atomic E-state index is 12.6. The van der Waals surface area contributed by atoms with E-state index in [1.807, 2.05) is 0 Å². The van der Waals surface area contributed by atoms with E-state index in [1.165, 1.54) is 128 Å². The molecule has 2 unspecified atom stereocenters. The minimum absolute atomic E-state index is 0.0522. The predicted molar refractivity (Wildman–Crippen MR) is 243 cm³/mol. The number of esters is 2. The molecular weight excluding hydrogens is 750 g/mol. The molecule has 0 aliphatic heterocycles. The Morgan fingerprint density at radius 1 is 0.534 bits per heavy atom. The van der Waals surface area contributed by atoms with Crippen LogP contribution in [0.3, 0.4) is 0 Å². The van der Waals surface area contributed by atoms with Gasteiger partial charge in [0.15, 0.2) is 6.10 Å². The highest BCUT2D eigenvalue weighted by Crippen LogP contribution is 2.43. The number of phosphoric ester groups is 1. The molecule has 0 aromatic carbocycles. The normalized spacial score (nSPS) is 13.5. The van der Waals surface area contributed by atoms with E-state index < -0.39 is 26.5 Å². The molecule has 0 aliphatic carbocycles. The Balaban J connectivity index is 4.06. The smallest absolute Gasteiger partial charge is 0.462 e. The Hall–Kier alpha value is -1.77. The van der Waals surface area contributed by atoms with E-state index in [0.29, 0.717) is 6.42 Å². The SMILES string of the molecule is CC/C=C\C/C=C\C/C=C\CCCCCCCCCC(=O)OC(COC(=O)CCCCCCCCCCCCCCCCCCCCCC)COP(=O)(O)OCCN. The largest absolute Gasteiger partial charge is 0.472 e. The zero-order valence-corrected chi connectivity index (χ0v) is 38.4. The van der Waals surface area contributed by atoms with Crippen molar-refractivity contribution in [3.8, 4) is 0 Å². The lowest BCUT2D eigenvalue weighted by Crippen LogP contribution is -2.29. The molecule has 0 fully saturated rings. The summed E-state index contributed by atoms with van der Waals surface area (Å²) in [5, 5.41) is 0. The predicted octanol–water partition coefficient (Wildman–Crippen LogP) is 14.1. The number of unbranched alkanes of at least 4 members (excludes halogenated alkanes) is 26. The van der Waals surface area contributed by atoms with E-state index in [2.05, 4.69) is 50.3 Å². The van der Waals surface area contributed by atoms with Gasteiger partial charge in [-0.15, -0.1) is 0 Å². The summed E-state index contributed by atoms with van der Waals surface area (Å²) < 4.78 is 32.9. The Kier molecular flexibility index (Phi) is 43.4. The summed E-state index contributed by atoms with van der Waals surface area (Å²) in [4.78, 5) is 35.0. The number of carbonyl (C=O) groups excluding carboxylic acids is 2. The molecule has 340 valence electrons. The van der Waals surface area contributed by atoms with Crippen molar-refractivity contribution in [1.29, 1.82) is 0 Å². The van der Waals surface area contributed by atoms with Crippen molar-refractivity contribution >= 4 is 19.8 Å². The summed E-state index contributed by atoms with van der Waals surface area (Å²) in [7, 11) is -4.38. The van der Waals surface area contributed by atoms with Crippen molar-refractivity contribution in [1.82, 2.24) is 0 Å². The van der Waals surface area contributed by atoms with E-state index in [9.17, 15) is 19.0 Å². The van der Waals surface area contributed by atoms with Crippen LogP contribution in [0.5, 0.6) is 0 Å². The molecule has 0 aliphatic rings. The molecular formula is C48H90NO8P. The summed E-state index contributed by atoms with van der Waals surface area (Å²) in [6.45, 7) is 3.64. The van der Waals surface area contributed by atoms with Crippen LogP contribution >= 0.6 is 7.82 Å². The fraction of sp³-hybridized carbons (Fsp3) is 0.833. The van der Waals surface area contributed by atoms with Crippen LogP contribution in [0.25, 0.3) is 0 Å². The summed E-state index contributed by atoms with van der Waals surface area (Å²) in [5.74, 6) is -0.831. The maximum atomic E-state index is 12.6. The summed E-state index contributed by atoms with van der Waals surface area (Å²) in [5.41, 5.74) is 5.36. The van der Waals surface area contributed by atoms with Gasteiger partial charge in [-0.05, 0) is 44.9 Å². The van der Waals surface area contributed by atoms with Crippen LogP contribution in [0, 0.1) is 0 Å². The third-order valence-corrected chi connectivity index (χ3v) is 11.3. The first kappa shape index (κ1) is 56.2. The van der Waals surface area contributed by atoms with Gasteiger partial charge in [0.1, 0.15) is 6.61 Å². The van der Waals surface area contributed by atoms with Gasteiger partial charge in [-0.25, -0.2) is 4.57 Å². The molecule has 3 N–H and O–H groups in total. The molecule has 9 nitrogen and oxygen atoms in total. The zero-order valence-electron chi connectivity index (χ0n) is 37.5. The van der Waals surface area contributed by atoms with Crippen molar-refractivity contribution in [3.05, 3.63) is 36.5 Å². The van der Waals surface area contributed by atoms with E-state index in [1.54, 1.807) is 0 Å². The van der Waals surface area contributed by atoms with Gasteiger partial charge >= 0.3 is 19.8 Å². The van der Waals surface area contributed by atoms with Crippen molar-refractivity contribution in [2.45, 2.75) is 232 Å². The standard InChI is InChI=1S/C48H90NO8P/c1-3-5-7-9-11-13-15-17-19-21-22-23-25-26-28-30-32-34-36-38-40-47(50)54-44-46(45-56-58(52,53)55-43-42-49)57-48(51)41-39-37-35-33-31-29-27-24-20-18-16-14-12-10-8-6-4-2/h6,8,12,14,18,20,46H,3-5,7,9-11,13,15-17,19,21-45,49H2,1-2H3,(H,52,53)/b8-6-,14-12-,20-18-. The van der Waals surface area contributed by atoms with Crippen LogP contribution < -0.4 is 5.73 Å². The molecule has 0 spiro atoms. The minimum Gasteiger partial charge on any atom is -0.462 e. The summed E-state index contributed by atoms with van der Waals surface area (Å²) >= 11 is 0. The van der Waals surface area contributed by atoms with Crippen LogP contribution in [0.1, 0.15) is 226 Å². The number of ether oxygens (including phenoxy) is 2. The van der Waals surface area contributed by atoms with Crippen LogP contribution in [-0.4, -0.2) is 49.3 Å². The van der Waals surface area contributed by atoms with Crippen LogP contribution in [0.4, 0.5) is 0 Å². The topological polar surface area (TPSA) is 134 Å². The molecule has 0 rings (SSSR count). The molecule has 0 aromatic rings. The van der Waals surface area contributed by atoms with Gasteiger partial charge in [0.05, 0.1) is 13.2 Å². The number of hydrogen-bond acceptors (Lipinski definition) is 8. The quantitative estimate of drug-likeness (QED) is 0.0266. The van der Waals surface area contributed by atoms with Crippen molar-refractivity contribution in [2.75, 3.05) is 26.4 Å². The van der Waals surface area contributed by atoms with Gasteiger partial charge < -0.3 is 20.1 Å². The van der Waals surface area contributed by atoms with Crippen molar-refractivity contribution in [3.63, 3.8) is 0 Å². The second kappa shape index (κ2) is 44.8. The third kappa shape index (κ3) is 43.8. The monoisotopic (exact) mass is 840 g/mol. The lowest BCUT2D eigenvalue weighted by molar-refractivity contribution is -0.161. The Morgan fingerprint density at radius 2 is 0.948 bits per heavy atom. The molecule has 0 radical (unpaired) electrons. The van der Waals surface area contributed by atoms with Crippen molar-refractivity contribution < 1.29 is 37.6 Å². The maximum Gasteiger partial charge on any atom is 0.472 e. The highest BCUT2D eigenvalue weighted by molar-refractivity contribution is 7.47. The van der Waals surface area contributed by atoms with Gasteiger partial charge in [0.25, 0.3) is 0 Å². The van der Waals surface area contributed by atoms with E-state index in [-0.39, 0.29) is 38.6 Å². The van der Waals surface area contributed by atoms with E-state index in [0.717, 1.165) is 64.2 Å². The second-order valence-corrected chi connectivity index (χ2v) is 17.4. The molecule has 10 heteroatoms. The first-order valence-electron chi connectivity index (χ1n) is 24.0. The molecule has 0 saturated heterocycles. The lowest BCUT2D eigenvalue weighted by Gasteiger charge is -2.19. The molecule has 0 heterocycles. The van der Waals surface area contributed by atoms with Gasteiger partial charge in [0, 0.05) is 19.4 Å². The summed E-state index contributed by atoms with van der Waals surface area (Å²) in [6.07, 6.45) is 50.3. The molecule has 2 atom stereocenters. The number of rotatable bonds is 45. The van der Waals surface area contributed by atoms with E-state index in [4.69, 9.17) is 24.3 Å². The number of allylic oxidation sites excluding steroid dienone is 6. The van der Waals surface area contributed by atoms with Gasteiger partial charge in [-0.3, -0.25) is 18.6 Å². The number of phosphoric acid groups is 1. The zero-order chi connectivity index (χ0) is 42.5. The highest BCUT2D eigenvalue weighted by atomic mass is 31.2. The van der Waals surface area contributed by atoms with Gasteiger partial charge in [0.2, 0.25) is 0 Å². The number of nitrogens with two attached hydrogens (primary N) is 1. The fourth-order valence-corrected chi connectivity index (χ4v) is 7.53. The highest BCUT2D eigenvalue weighted by Gasteiger charge is 2.26. The Labute approximate surface area is 356 Å². The first-order chi connectivity index (χ1) is 28.3. The van der Waals surface area contributed by atoms with E-state index >= 15 is 0 Å². The average molecular weight is 840 g/mol. The molecule has 58 heavy (non-hydrogen) atoms. The summed E-state index contributed by atoms with van der Waals surface area (Å²) in [6, 6.07) is 0. The first-order valence-corrected chi connectivity index (χ1v) is 25.5. The number of carbonyl (C=O) groups is 2. The third-order valence-electron chi connectivity index (χ3n) is 10.3. The van der Waals surface area contributed by atoms with Gasteiger partial charge in [-0.1, -0.05) is 204 Å². The molecule has 0 amide bonds. The molecule has 0 bridgehead atoms. The molecule has 0 aromatic heterocycles. The Bertz CT molecular complexity index is 1050. The van der Waals surface area contributed by atoms with Crippen LogP contribution in [-0.2, 0) is 32.7 Å². The minimum atomic E-state index is -4.38. The fourth-order valence-electron chi connectivity index (χ4n) is 6.77. The molecule has 0 saturated carbocycles. The second-order valence-electron chi connectivity index (χ2n) is 16.0. The average Bonchev–Trinajstić information content (AvgIpc) is 3.21. The lowest BCUT2D eigenvalue weighted by atomic mass is 10.0. The van der Waals surface area contributed by atoms with Gasteiger partial charge in [-0.2, -0.15) is 0 Å². The van der Waals surface area contributed by atoms with Crippen molar-refractivity contribution in [2.24, 2.45) is 5.73 Å². The number of hydrogen-bond donors (Lipinski definition) is 2.